The molecule has 1 heteroatoms. The van der Waals surface area contributed by atoms with E-state index in [1.807, 2.05) is 30.3 Å². The van der Waals surface area contributed by atoms with Crippen LogP contribution in [-0.4, -0.2) is 0 Å². The quantitative estimate of drug-likeness (QED) is 0.629. The van der Waals surface area contributed by atoms with E-state index < -0.39 is 0 Å². The van der Waals surface area contributed by atoms with Gasteiger partial charge in [0.15, 0.2) is 0 Å². The van der Waals surface area contributed by atoms with Crippen molar-refractivity contribution >= 4 is 5.69 Å². The molecule has 0 aliphatic carbocycles. The summed E-state index contributed by atoms with van der Waals surface area (Å²) in [6.07, 6.45) is 0. The Hall–Kier alpha value is -2.98. The van der Waals surface area contributed by atoms with Gasteiger partial charge in [-0.05, 0) is 49.2 Å². The molecule has 0 bridgehead atoms. The Balaban J connectivity index is 1.93. The lowest BCUT2D eigenvalue weighted by Crippen LogP contribution is -2.10. The molecule has 0 aliphatic heterocycles. The molecule has 0 aromatic heterocycles. The van der Waals surface area contributed by atoms with Gasteiger partial charge in [0.1, 0.15) is 6.04 Å². The van der Waals surface area contributed by atoms with Crippen LogP contribution in [0.3, 0.4) is 0 Å². The lowest BCUT2D eigenvalue weighted by atomic mass is 10.0. The van der Waals surface area contributed by atoms with Crippen LogP contribution in [0.2, 0.25) is 0 Å². The highest BCUT2D eigenvalue weighted by Gasteiger charge is 2.10. The van der Waals surface area contributed by atoms with Crippen LogP contribution in [0.25, 0.3) is 0 Å². The van der Waals surface area contributed by atoms with Crippen LogP contribution in [-0.2, 0) is 0 Å². The molecular weight excluding hydrogens is 290 g/mol. The monoisotopic (exact) mass is 311 g/mol. The summed E-state index contributed by atoms with van der Waals surface area (Å²) in [5.41, 5.74) is 5.81. The summed E-state index contributed by atoms with van der Waals surface area (Å²) in [7, 11) is 0. The SMILES string of the molecule is Cc1ccc(NC(C#Cc2ccccc2)c2ccccc2C)cc1. The fraction of sp³-hybridized carbons (Fsp3) is 0.130. The van der Waals surface area contributed by atoms with Crippen molar-refractivity contribution in [1.29, 1.82) is 0 Å². The first-order chi connectivity index (χ1) is 11.7. The second-order valence-corrected chi connectivity index (χ2v) is 5.94. The summed E-state index contributed by atoms with van der Waals surface area (Å²) in [4.78, 5) is 0. The van der Waals surface area contributed by atoms with Gasteiger partial charge in [0, 0.05) is 11.3 Å². The Morgan fingerprint density at radius 3 is 2.12 bits per heavy atom. The van der Waals surface area contributed by atoms with Gasteiger partial charge >= 0.3 is 0 Å². The van der Waals surface area contributed by atoms with Crippen LogP contribution in [0.4, 0.5) is 5.69 Å². The van der Waals surface area contributed by atoms with Crippen LogP contribution in [0.1, 0.15) is 28.3 Å². The molecule has 0 aliphatic rings. The molecule has 0 amide bonds. The fourth-order valence-corrected chi connectivity index (χ4v) is 2.60. The largest absolute Gasteiger partial charge is 0.368 e. The van der Waals surface area contributed by atoms with E-state index in [1.165, 1.54) is 16.7 Å². The Morgan fingerprint density at radius 1 is 0.750 bits per heavy atom. The summed E-state index contributed by atoms with van der Waals surface area (Å²) in [5, 5.41) is 3.56. The number of aryl methyl sites for hydroxylation is 2. The van der Waals surface area contributed by atoms with Crippen molar-refractivity contribution in [3.63, 3.8) is 0 Å². The molecule has 0 saturated carbocycles. The second-order valence-electron chi connectivity index (χ2n) is 5.94. The van der Waals surface area contributed by atoms with Crippen molar-refractivity contribution in [1.82, 2.24) is 0 Å². The zero-order chi connectivity index (χ0) is 16.8. The molecule has 118 valence electrons. The molecular formula is C23H21N. The van der Waals surface area contributed by atoms with E-state index in [4.69, 9.17) is 0 Å². The smallest absolute Gasteiger partial charge is 0.114 e. The first kappa shape index (κ1) is 15.9. The minimum absolute atomic E-state index is 0.0471. The molecule has 0 spiro atoms. The molecule has 0 fully saturated rings. The van der Waals surface area contributed by atoms with Gasteiger partial charge in [-0.15, -0.1) is 0 Å². The van der Waals surface area contributed by atoms with Crippen LogP contribution in [0, 0.1) is 25.7 Å². The number of hydrogen-bond acceptors (Lipinski definition) is 1. The molecule has 1 unspecified atom stereocenters. The summed E-state index contributed by atoms with van der Waals surface area (Å²) in [6, 6.07) is 26.9. The van der Waals surface area contributed by atoms with Crippen LogP contribution < -0.4 is 5.32 Å². The number of rotatable bonds is 3. The highest BCUT2D eigenvalue weighted by molar-refractivity contribution is 5.51. The molecule has 0 heterocycles. The van der Waals surface area contributed by atoms with Crippen molar-refractivity contribution in [2.75, 3.05) is 5.32 Å². The summed E-state index contributed by atoms with van der Waals surface area (Å²) in [6.45, 7) is 4.22. The lowest BCUT2D eigenvalue weighted by molar-refractivity contribution is 1.00. The minimum Gasteiger partial charge on any atom is -0.368 e. The average molecular weight is 311 g/mol. The van der Waals surface area contributed by atoms with Crippen molar-refractivity contribution in [2.24, 2.45) is 0 Å². The third-order valence-corrected chi connectivity index (χ3v) is 4.00. The summed E-state index contributed by atoms with van der Waals surface area (Å²) < 4.78 is 0. The summed E-state index contributed by atoms with van der Waals surface area (Å²) >= 11 is 0. The van der Waals surface area contributed by atoms with Gasteiger partial charge in [-0.25, -0.2) is 0 Å². The zero-order valence-electron chi connectivity index (χ0n) is 14.1. The van der Waals surface area contributed by atoms with Crippen LogP contribution >= 0.6 is 0 Å². The third kappa shape index (κ3) is 4.06. The van der Waals surface area contributed by atoms with E-state index in [0.717, 1.165) is 11.3 Å². The first-order valence-corrected chi connectivity index (χ1v) is 8.18. The highest BCUT2D eigenvalue weighted by Crippen LogP contribution is 2.22. The maximum atomic E-state index is 3.56. The topological polar surface area (TPSA) is 12.0 Å². The van der Waals surface area contributed by atoms with Crippen molar-refractivity contribution in [2.45, 2.75) is 19.9 Å². The molecule has 0 radical (unpaired) electrons. The molecule has 1 nitrogen and oxygen atoms in total. The van der Waals surface area contributed by atoms with Crippen LogP contribution in [0.15, 0.2) is 78.9 Å². The van der Waals surface area contributed by atoms with Crippen molar-refractivity contribution < 1.29 is 0 Å². The first-order valence-electron chi connectivity index (χ1n) is 8.18. The lowest BCUT2D eigenvalue weighted by Gasteiger charge is -2.17. The van der Waals surface area contributed by atoms with Gasteiger partial charge in [0.25, 0.3) is 0 Å². The Bertz CT molecular complexity index is 852. The average Bonchev–Trinajstić information content (AvgIpc) is 2.62. The predicted molar refractivity (Wildman–Crippen MR) is 102 cm³/mol. The molecule has 1 N–H and O–H groups in total. The van der Waals surface area contributed by atoms with E-state index in [1.54, 1.807) is 0 Å². The van der Waals surface area contributed by atoms with E-state index in [0.29, 0.717) is 0 Å². The Morgan fingerprint density at radius 2 is 1.42 bits per heavy atom. The highest BCUT2D eigenvalue weighted by atomic mass is 14.9. The Labute approximate surface area is 144 Å². The standard InChI is InChI=1S/C23H21N/c1-18-12-15-21(16-13-18)24-23(22-11-7-6-8-19(22)2)17-14-20-9-4-3-5-10-20/h3-13,15-16,23-24H,1-2H3. The normalized spacial score (nSPS) is 11.2. The van der Waals surface area contributed by atoms with Crippen LogP contribution in [0.5, 0.6) is 0 Å². The number of hydrogen-bond donors (Lipinski definition) is 1. The zero-order valence-corrected chi connectivity index (χ0v) is 14.1. The van der Waals surface area contributed by atoms with Crippen molar-refractivity contribution in [3.8, 4) is 11.8 Å². The molecule has 1 atom stereocenters. The maximum absolute atomic E-state index is 3.56. The van der Waals surface area contributed by atoms with E-state index in [-0.39, 0.29) is 6.04 Å². The van der Waals surface area contributed by atoms with E-state index >= 15 is 0 Å². The number of benzene rings is 3. The molecule has 3 aromatic rings. The fourth-order valence-electron chi connectivity index (χ4n) is 2.60. The van der Waals surface area contributed by atoms with Gasteiger partial charge in [-0.3, -0.25) is 0 Å². The molecule has 3 aromatic carbocycles. The summed E-state index contributed by atoms with van der Waals surface area (Å²) in [5.74, 6) is 6.68. The van der Waals surface area contributed by atoms with Gasteiger partial charge < -0.3 is 5.32 Å². The second kappa shape index (κ2) is 7.53. The van der Waals surface area contributed by atoms with Gasteiger partial charge in [-0.1, -0.05) is 72.0 Å². The van der Waals surface area contributed by atoms with E-state index in [2.05, 4.69) is 79.5 Å². The predicted octanol–water partition coefficient (Wildman–Crippen LogP) is 5.51. The Kier molecular flexibility index (Phi) is 4.99. The molecule has 3 rings (SSSR count). The van der Waals surface area contributed by atoms with Gasteiger partial charge in [0.05, 0.1) is 0 Å². The molecule has 0 saturated heterocycles. The third-order valence-electron chi connectivity index (χ3n) is 4.00. The maximum Gasteiger partial charge on any atom is 0.114 e. The minimum atomic E-state index is -0.0471. The van der Waals surface area contributed by atoms with Gasteiger partial charge in [-0.2, -0.15) is 0 Å². The van der Waals surface area contributed by atoms with Crippen molar-refractivity contribution in [3.05, 3.63) is 101 Å². The van der Waals surface area contributed by atoms with E-state index in [9.17, 15) is 0 Å². The number of nitrogens with one attached hydrogen (secondary N) is 1. The number of anilines is 1. The van der Waals surface area contributed by atoms with Gasteiger partial charge in [0.2, 0.25) is 0 Å². The molecule has 24 heavy (non-hydrogen) atoms.